The van der Waals surface area contributed by atoms with Gasteiger partial charge in [-0.05, 0) is 6.42 Å². The molecule has 0 aliphatic heterocycles. The molecule has 0 radical (unpaired) electrons. The first-order valence-corrected chi connectivity index (χ1v) is 4.64. The van der Waals surface area contributed by atoms with E-state index in [-0.39, 0.29) is 12.8 Å². The largest absolute Gasteiger partial charge is 0.481 e. The van der Waals surface area contributed by atoms with E-state index in [9.17, 15) is 14.7 Å². The molecule has 1 saturated carbocycles. The van der Waals surface area contributed by atoms with Crippen molar-refractivity contribution in [2.45, 2.75) is 24.3 Å². The average molecular weight is 223 g/mol. The van der Waals surface area contributed by atoms with Gasteiger partial charge in [-0.2, -0.15) is 0 Å². The maximum atomic E-state index is 10.7. The highest BCUT2D eigenvalue weighted by atomic mass is 35.5. The summed E-state index contributed by atoms with van der Waals surface area (Å²) in [6, 6.07) is 0. The minimum Gasteiger partial charge on any atom is -0.481 e. The molecule has 1 rings (SSSR count). The number of aliphatic carboxylic acids is 2. The molecule has 0 bridgehead atoms. The van der Waals surface area contributed by atoms with Crippen molar-refractivity contribution in [1.29, 1.82) is 0 Å². The molecule has 5 nitrogen and oxygen atoms in total. The van der Waals surface area contributed by atoms with Crippen LogP contribution in [-0.2, 0) is 9.59 Å². The van der Waals surface area contributed by atoms with Crippen molar-refractivity contribution >= 4 is 23.5 Å². The number of halogens is 1. The van der Waals surface area contributed by atoms with Crippen molar-refractivity contribution < 1.29 is 24.9 Å². The van der Waals surface area contributed by atoms with Gasteiger partial charge in [0.2, 0.25) is 0 Å². The van der Waals surface area contributed by atoms with Crippen LogP contribution in [0.1, 0.15) is 12.8 Å². The maximum Gasteiger partial charge on any atom is 0.309 e. The summed E-state index contributed by atoms with van der Waals surface area (Å²) in [5.41, 5.74) is 0. The van der Waals surface area contributed by atoms with Crippen molar-refractivity contribution in [3.05, 3.63) is 0 Å². The zero-order chi connectivity index (χ0) is 10.9. The third-order valence-corrected chi connectivity index (χ3v) is 3.00. The Morgan fingerprint density at radius 2 is 1.93 bits per heavy atom. The summed E-state index contributed by atoms with van der Waals surface area (Å²) < 4.78 is 0. The minimum atomic E-state index is -1.19. The van der Waals surface area contributed by atoms with E-state index < -0.39 is 35.3 Å². The molecule has 6 heteroatoms. The summed E-state index contributed by atoms with van der Waals surface area (Å²) in [5.74, 6) is -4.04. The van der Waals surface area contributed by atoms with Crippen LogP contribution in [0.3, 0.4) is 0 Å². The lowest BCUT2D eigenvalue weighted by molar-refractivity contribution is -0.147. The van der Waals surface area contributed by atoms with E-state index in [0.717, 1.165) is 0 Å². The Labute approximate surface area is 85.3 Å². The molecule has 0 aromatic carbocycles. The minimum absolute atomic E-state index is 0.135. The normalized spacial score (nSPS) is 37.0. The molecule has 14 heavy (non-hydrogen) atoms. The lowest BCUT2D eigenvalue weighted by Gasteiger charge is -2.17. The summed E-state index contributed by atoms with van der Waals surface area (Å²) in [4.78, 5) is 21.2. The maximum absolute atomic E-state index is 10.7. The molecule has 0 saturated heterocycles. The summed E-state index contributed by atoms with van der Waals surface area (Å²) in [6.07, 6.45) is -1.22. The zero-order valence-corrected chi connectivity index (χ0v) is 8.02. The monoisotopic (exact) mass is 222 g/mol. The molecule has 0 spiro atoms. The van der Waals surface area contributed by atoms with Gasteiger partial charge in [0.15, 0.2) is 0 Å². The fourth-order valence-corrected chi connectivity index (χ4v) is 2.29. The quantitative estimate of drug-likeness (QED) is 0.591. The predicted octanol–water partition coefficient (Wildman–Crippen LogP) is 0.150. The van der Waals surface area contributed by atoms with Crippen molar-refractivity contribution in [2.24, 2.45) is 11.8 Å². The molecule has 0 aromatic heterocycles. The number of carboxylic acid groups (broad SMARTS) is 2. The van der Waals surface area contributed by atoms with Crippen LogP contribution >= 0.6 is 11.6 Å². The molecule has 0 unspecified atom stereocenters. The lowest BCUT2D eigenvalue weighted by Crippen LogP contribution is -2.30. The Morgan fingerprint density at radius 1 is 1.36 bits per heavy atom. The molecule has 4 atom stereocenters. The van der Waals surface area contributed by atoms with E-state index >= 15 is 0 Å². The molecule has 1 fully saturated rings. The molecule has 80 valence electrons. The van der Waals surface area contributed by atoms with Crippen molar-refractivity contribution in [2.75, 3.05) is 0 Å². The molecule has 1 aliphatic rings. The Morgan fingerprint density at radius 3 is 2.36 bits per heavy atom. The van der Waals surface area contributed by atoms with Crippen LogP contribution in [0.15, 0.2) is 0 Å². The third-order valence-electron chi connectivity index (χ3n) is 2.50. The molecule has 0 aromatic rings. The standard InChI is InChI=1S/C8H11ClO5/c9-4-2-5(10)7(8(13)14)3(4)1-6(11)12/h3-5,7,10H,1-2H2,(H,11,12)(H,13,14)/t3-,4+,5+,7+/m0/s1. The van der Waals surface area contributed by atoms with Crippen LogP contribution in [0.25, 0.3) is 0 Å². The number of hydrogen-bond acceptors (Lipinski definition) is 3. The van der Waals surface area contributed by atoms with Crippen LogP contribution in [0.4, 0.5) is 0 Å². The molecule has 1 aliphatic carbocycles. The number of aliphatic hydroxyl groups excluding tert-OH is 1. The lowest BCUT2D eigenvalue weighted by atomic mass is 9.92. The van der Waals surface area contributed by atoms with Gasteiger partial charge >= 0.3 is 11.9 Å². The van der Waals surface area contributed by atoms with E-state index in [1.165, 1.54) is 0 Å². The second kappa shape index (κ2) is 4.14. The van der Waals surface area contributed by atoms with Gasteiger partial charge in [0.05, 0.1) is 18.4 Å². The number of aliphatic hydroxyl groups is 1. The van der Waals surface area contributed by atoms with Crippen LogP contribution in [0.5, 0.6) is 0 Å². The first-order valence-electron chi connectivity index (χ1n) is 4.20. The fourth-order valence-electron chi connectivity index (χ4n) is 1.87. The van der Waals surface area contributed by atoms with Gasteiger partial charge in [-0.3, -0.25) is 9.59 Å². The SMILES string of the molecule is O=C(O)C[C@@H]1[C@@H](C(=O)O)[C@H](O)C[C@H]1Cl. The summed E-state index contributed by atoms with van der Waals surface area (Å²) in [6.45, 7) is 0. The van der Waals surface area contributed by atoms with Gasteiger partial charge in [0, 0.05) is 11.3 Å². The van der Waals surface area contributed by atoms with Gasteiger partial charge in [-0.25, -0.2) is 0 Å². The van der Waals surface area contributed by atoms with Crippen LogP contribution in [-0.4, -0.2) is 38.7 Å². The first-order chi connectivity index (χ1) is 6.43. The highest BCUT2D eigenvalue weighted by molar-refractivity contribution is 6.21. The van der Waals surface area contributed by atoms with E-state index in [1.807, 2.05) is 0 Å². The summed E-state index contributed by atoms with van der Waals surface area (Å²) >= 11 is 5.77. The van der Waals surface area contributed by atoms with Gasteiger partial charge < -0.3 is 15.3 Å². The van der Waals surface area contributed by atoms with Crippen LogP contribution < -0.4 is 0 Å². The van der Waals surface area contributed by atoms with Crippen molar-refractivity contribution in [1.82, 2.24) is 0 Å². The number of carbonyl (C=O) groups is 2. The zero-order valence-electron chi connectivity index (χ0n) is 7.26. The van der Waals surface area contributed by atoms with Crippen molar-refractivity contribution in [3.8, 4) is 0 Å². The molecule has 3 N–H and O–H groups in total. The highest BCUT2D eigenvalue weighted by Gasteiger charge is 2.46. The summed E-state index contributed by atoms with van der Waals surface area (Å²) in [7, 11) is 0. The van der Waals surface area contributed by atoms with Gasteiger partial charge in [-0.1, -0.05) is 0 Å². The third kappa shape index (κ3) is 2.16. The van der Waals surface area contributed by atoms with E-state index in [1.54, 1.807) is 0 Å². The number of rotatable bonds is 3. The first kappa shape index (κ1) is 11.3. The molecule has 0 heterocycles. The van der Waals surface area contributed by atoms with E-state index in [4.69, 9.17) is 21.8 Å². The smallest absolute Gasteiger partial charge is 0.309 e. The Bertz CT molecular complexity index is 254. The highest BCUT2D eigenvalue weighted by Crippen LogP contribution is 2.38. The van der Waals surface area contributed by atoms with Crippen molar-refractivity contribution in [3.63, 3.8) is 0 Å². The summed E-state index contributed by atoms with van der Waals surface area (Å²) in [5, 5.41) is 26.1. The average Bonchev–Trinajstić information content (AvgIpc) is 2.25. The Kier molecular flexibility index (Phi) is 3.34. The van der Waals surface area contributed by atoms with Crippen LogP contribution in [0.2, 0.25) is 0 Å². The molecular weight excluding hydrogens is 212 g/mol. The number of carboxylic acids is 2. The van der Waals surface area contributed by atoms with E-state index in [0.29, 0.717) is 0 Å². The predicted molar refractivity (Wildman–Crippen MR) is 47.1 cm³/mol. The van der Waals surface area contributed by atoms with Gasteiger partial charge in [0.1, 0.15) is 0 Å². The Hall–Kier alpha value is -0.810. The second-order valence-electron chi connectivity index (χ2n) is 3.44. The van der Waals surface area contributed by atoms with E-state index in [2.05, 4.69) is 0 Å². The number of alkyl halides is 1. The van der Waals surface area contributed by atoms with Gasteiger partial charge in [0.25, 0.3) is 0 Å². The van der Waals surface area contributed by atoms with Crippen LogP contribution in [0, 0.1) is 11.8 Å². The van der Waals surface area contributed by atoms with Gasteiger partial charge in [-0.15, -0.1) is 11.6 Å². The Balaban J connectivity index is 2.78. The molecular formula is C8H11ClO5. The topological polar surface area (TPSA) is 94.8 Å². The fraction of sp³-hybridized carbons (Fsp3) is 0.750. The second-order valence-corrected chi connectivity index (χ2v) is 4.01. The number of hydrogen-bond donors (Lipinski definition) is 3. The molecule has 0 amide bonds.